The Kier molecular flexibility index (Phi) is 6.26. The van der Waals surface area contributed by atoms with Gasteiger partial charge in [-0.3, -0.25) is 14.2 Å². The second-order valence-electron chi connectivity index (χ2n) is 7.18. The lowest BCUT2D eigenvalue weighted by Crippen LogP contribution is -2.43. The minimum Gasteiger partial charge on any atom is -0.355 e. The summed E-state index contributed by atoms with van der Waals surface area (Å²) in [6, 6.07) is 2.91. The lowest BCUT2D eigenvalue weighted by molar-refractivity contribution is -0.122. The second-order valence-corrected chi connectivity index (χ2v) is 9.07. The highest BCUT2D eigenvalue weighted by Crippen LogP contribution is 2.48. The van der Waals surface area contributed by atoms with Gasteiger partial charge in [0.1, 0.15) is 4.90 Å². The standard InChI is InChI=1S/C18H23N3O3S.CH3F/c22-18(20-11-14-9-13-5-6-17(13)14)10-15-3-2-8-21(15)25(23,24)16-4-1-7-19-12-16;1-2/h1,4,6-7,12-15H,2-3,5,8-11H2,(H,20,22);1H3/t13-,14?,15?;/m0./s1. The average molecular weight is 396 g/mol. The van der Waals surface area contributed by atoms with Crippen LogP contribution in [0.4, 0.5) is 4.39 Å². The molecule has 8 heteroatoms. The predicted molar refractivity (Wildman–Crippen MR) is 100 cm³/mol. The summed E-state index contributed by atoms with van der Waals surface area (Å²) in [5, 5.41) is 2.99. The largest absolute Gasteiger partial charge is 0.355 e. The molecule has 1 aliphatic heterocycles. The maximum Gasteiger partial charge on any atom is 0.244 e. The molecule has 4 rings (SSSR count). The molecule has 6 nitrogen and oxygen atoms in total. The van der Waals surface area contributed by atoms with Crippen LogP contribution in [-0.4, -0.2) is 49.9 Å². The van der Waals surface area contributed by atoms with Gasteiger partial charge in [0.15, 0.2) is 0 Å². The van der Waals surface area contributed by atoms with Crippen LogP contribution >= 0.6 is 0 Å². The molecular formula is C19H26FN3O3S. The first-order valence-corrected chi connectivity index (χ1v) is 10.8. The van der Waals surface area contributed by atoms with Crippen molar-refractivity contribution >= 4 is 15.9 Å². The number of rotatable bonds is 6. The molecule has 1 aromatic rings. The fraction of sp³-hybridized carbons (Fsp3) is 0.579. The molecule has 0 aromatic carbocycles. The first-order valence-electron chi connectivity index (χ1n) is 9.32. The number of hydrogen-bond donors (Lipinski definition) is 1. The Morgan fingerprint density at radius 3 is 2.81 bits per heavy atom. The van der Waals surface area contributed by atoms with Crippen molar-refractivity contribution in [2.45, 2.75) is 43.0 Å². The van der Waals surface area contributed by atoms with Crippen LogP contribution in [0.5, 0.6) is 0 Å². The monoisotopic (exact) mass is 395 g/mol. The number of amides is 1. The third-order valence-electron chi connectivity index (χ3n) is 5.68. The lowest BCUT2D eigenvalue weighted by atomic mass is 9.61. The molecule has 2 fully saturated rings. The lowest BCUT2D eigenvalue weighted by Gasteiger charge is -2.45. The Bertz CT molecular complexity index is 798. The van der Waals surface area contributed by atoms with E-state index in [0.717, 1.165) is 18.8 Å². The normalized spacial score (nSPS) is 26.6. The highest BCUT2D eigenvalue weighted by Gasteiger charge is 2.40. The van der Waals surface area contributed by atoms with Crippen LogP contribution in [0.3, 0.4) is 0 Å². The number of nitrogens with zero attached hydrogens (tertiary/aromatic N) is 2. The SMILES string of the molecule is CF.O=C(CC1CCCN1S(=O)(=O)c1cccnc1)NCC1C[C@@H]2CC=C12. The molecule has 2 heterocycles. The molecule has 3 atom stereocenters. The maximum atomic E-state index is 12.8. The Labute approximate surface area is 159 Å². The summed E-state index contributed by atoms with van der Waals surface area (Å²) in [7, 11) is -3.08. The summed E-state index contributed by atoms with van der Waals surface area (Å²) < 4.78 is 36.5. The van der Waals surface area contributed by atoms with E-state index < -0.39 is 10.0 Å². The van der Waals surface area contributed by atoms with E-state index in [1.165, 1.54) is 28.9 Å². The molecule has 27 heavy (non-hydrogen) atoms. The first-order chi connectivity index (χ1) is 13.1. The van der Waals surface area contributed by atoms with Crippen LogP contribution in [0.2, 0.25) is 0 Å². The highest BCUT2D eigenvalue weighted by molar-refractivity contribution is 7.89. The van der Waals surface area contributed by atoms with E-state index in [0.29, 0.717) is 26.2 Å². The van der Waals surface area contributed by atoms with Crippen molar-refractivity contribution in [1.82, 2.24) is 14.6 Å². The third-order valence-corrected chi connectivity index (χ3v) is 7.62. The number of nitrogens with one attached hydrogen (secondary N) is 1. The minimum absolute atomic E-state index is 0.0540. The number of pyridine rings is 1. The molecule has 2 aliphatic carbocycles. The smallest absolute Gasteiger partial charge is 0.244 e. The van der Waals surface area contributed by atoms with Gasteiger partial charge in [-0.1, -0.05) is 11.6 Å². The third kappa shape index (κ3) is 4.06. The number of alkyl halides is 1. The summed E-state index contributed by atoms with van der Waals surface area (Å²) in [6.07, 6.45) is 9.30. The Balaban J connectivity index is 0.00000102. The molecule has 0 spiro atoms. The van der Waals surface area contributed by atoms with Crippen molar-refractivity contribution < 1.29 is 17.6 Å². The topological polar surface area (TPSA) is 79.4 Å². The summed E-state index contributed by atoms with van der Waals surface area (Å²) in [5.74, 6) is 1.22. The number of hydrogen-bond acceptors (Lipinski definition) is 4. The summed E-state index contributed by atoms with van der Waals surface area (Å²) in [5.41, 5.74) is 1.50. The summed E-state index contributed by atoms with van der Waals surface area (Å²) >= 11 is 0. The highest BCUT2D eigenvalue weighted by atomic mass is 32.2. The Morgan fingerprint density at radius 2 is 2.22 bits per heavy atom. The van der Waals surface area contributed by atoms with Gasteiger partial charge in [0.2, 0.25) is 15.9 Å². The summed E-state index contributed by atoms with van der Waals surface area (Å²) in [4.78, 5) is 16.4. The maximum absolute atomic E-state index is 12.8. The van der Waals surface area contributed by atoms with Gasteiger partial charge in [0, 0.05) is 37.9 Å². The van der Waals surface area contributed by atoms with Crippen molar-refractivity contribution in [3.63, 3.8) is 0 Å². The molecule has 1 saturated heterocycles. The number of aromatic nitrogens is 1. The van der Waals surface area contributed by atoms with Crippen molar-refractivity contribution in [2.24, 2.45) is 11.8 Å². The Morgan fingerprint density at radius 1 is 1.41 bits per heavy atom. The zero-order valence-electron chi connectivity index (χ0n) is 15.5. The van der Waals surface area contributed by atoms with Crippen LogP contribution in [-0.2, 0) is 14.8 Å². The van der Waals surface area contributed by atoms with Gasteiger partial charge in [0.05, 0.1) is 7.18 Å². The van der Waals surface area contributed by atoms with Gasteiger partial charge in [-0.15, -0.1) is 0 Å². The van der Waals surface area contributed by atoms with Gasteiger partial charge < -0.3 is 5.32 Å². The van der Waals surface area contributed by atoms with Crippen molar-refractivity contribution in [3.05, 3.63) is 36.2 Å². The van der Waals surface area contributed by atoms with Crippen molar-refractivity contribution in [1.29, 1.82) is 0 Å². The number of carbonyl (C=O) groups is 1. The zero-order valence-corrected chi connectivity index (χ0v) is 16.3. The van der Waals surface area contributed by atoms with Gasteiger partial charge >= 0.3 is 0 Å². The van der Waals surface area contributed by atoms with E-state index in [2.05, 4.69) is 16.4 Å². The fourth-order valence-electron chi connectivity index (χ4n) is 4.16. The van der Waals surface area contributed by atoms with Gasteiger partial charge in [0.25, 0.3) is 0 Å². The van der Waals surface area contributed by atoms with E-state index >= 15 is 0 Å². The molecule has 0 bridgehead atoms. The number of sulfonamides is 1. The number of halogens is 1. The molecule has 0 radical (unpaired) electrons. The zero-order chi connectivity index (χ0) is 19.4. The average Bonchev–Trinajstić information content (AvgIpc) is 3.14. The number of allylic oxidation sites excluding steroid dienone is 1. The molecule has 1 N–H and O–H groups in total. The van der Waals surface area contributed by atoms with Gasteiger partial charge in [-0.25, -0.2) is 8.42 Å². The van der Waals surface area contributed by atoms with E-state index in [9.17, 15) is 17.6 Å². The van der Waals surface area contributed by atoms with E-state index in [-0.39, 0.29) is 23.3 Å². The van der Waals surface area contributed by atoms with E-state index in [1.54, 1.807) is 18.3 Å². The van der Waals surface area contributed by atoms with Crippen LogP contribution in [0.25, 0.3) is 0 Å². The van der Waals surface area contributed by atoms with Crippen LogP contribution in [0, 0.1) is 11.8 Å². The molecule has 1 amide bonds. The van der Waals surface area contributed by atoms with Crippen molar-refractivity contribution in [2.75, 3.05) is 20.3 Å². The molecule has 2 unspecified atom stereocenters. The van der Waals surface area contributed by atoms with Crippen LogP contribution in [0.1, 0.15) is 32.1 Å². The second kappa shape index (κ2) is 8.48. The van der Waals surface area contributed by atoms with Crippen LogP contribution < -0.4 is 5.32 Å². The summed E-state index contributed by atoms with van der Waals surface area (Å²) in [6.45, 7) is 1.15. The molecule has 1 saturated carbocycles. The minimum atomic E-state index is -3.58. The van der Waals surface area contributed by atoms with Gasteiger partial charge in [-0.2, -0.15) is 4.31 Å². The first kappa shape index (κ1) is 19.9. The molecular weight excluding hydrogens is 369 g/mol. The fourth-order valence-corrected chi connectivity index (χ4v) is 5.82. The van der Waals surface area contributed by atoms with E-state index in [4.69, 9.17) is 0 Å². The Hall–Kier alpha value is -1.80. The predicted octanol–water partition coefficient (Wildman–Crippen LogP) is 2.29. The number of carbonyl (C=O) groups excluding carboxylic acids is 1. The van der Waals surface area contributed by atoms with Crippen molar-refractivity contribution in [3.8, 4) is 0 Å². The van der Waals surface area contributed by atoms with E-state index in [1.807, 2.05) is 0 Å². The molecule has 1 aromatic heterocycles. The molecule has 3 aliphatic rings. The van der Waals surface area contributed by atoms with Gasteiger partial charge in [-0.05, 0) is 49.7 Å². The molecule has 148 valence electrons. The quantitative estimate of drug-likeness (QED) is 0.750. The van der Waals surface area contributed by atoms with Crippen LogP contribution in [0.15, 0.2) is 41.1 Å². The number of fused-ring (bicyclic) bond motifs is 1.